The maximum atomic E-state index is 5.72. The van der Waals surface area contributed by atoms with Gasteiger partial charge < -0.3 is 10.5 Å². The van der Waals surface area contributed by atoms with Crippen molar-refractivity contribution >= 4 is 23.5 Å². The van der Waals surface area contributed by atoms with Crippen molar-refractivity contribution in [1.82, 2.24) is 5.43 Å². The molecule has 4 nitrogen and oxygen atoms in total. The van der Waals surface area contributed by atoms with Crippen LogP contribution in [0.3, 0.4) is 0 Å². The topological polar surface area (TPSA) is 59.6 Å². The van der Waals surface area contributed by atoms with Gasteiger partial charge in [-0.1, -0.05) is 30.3 Å². The summed E-state index contributed by atoms with van der Waals surface area (Å²) in [4.78, 5) is 0. The molecule has 0 heterocycles. The van der Waals surface area contributed by atoms with Crippen LogP contribution in [0, 0.1) is 0 Å². The first-order valence-corrected chi connectivity index (χ1v) is 7.50. The van der Waals surface area contributed by atoms with Gasteiger partial charge in [0.25, 0.3) is 0 Å². The summed E-state index contributed by atoms with van der Waals surface area (Å²) in [6.07, 6.45) is 3.67. The summed E-state index contributed by atoms with van der Waals surface area (Å²) in [5, 5.41) is 4.05. The van der Waals surface area contributed by atoms with Crippen molar-refractivity contribution in [3.05, 3.63) is 65.7 Å². The summed E-state index contributed by atoms with van der Waals surface area (Å²) in [5.74, 6) is 0.854. The second-order valence-corrected chi connectivity index (χ2v) is 5.18. The van der Waals surface area contributed by atoms with Crippen LogP contribution >= 0.6 is 12.2 Å². The first-order valence-electron chi connectivity index (χ1n) is 7.09. The molecule has 0 spiro atoms. The number of hydrazone groups is 1. The number of nitrogens with one attached hydrogen (secondary N) is 1. The van der Waals surface area contributed by atoms with Gasteiger partial charge in [0, 0.05) is 0 Å². The summed E-state index contributed by atoms with van der Waals surface area (Å²) in [6, 6.07) is 18.1. The highest BCUT2D eigenvalue weighted by Crippen LogP contribution is 2.12. The molecule has 5 heteroatoms. The molecule has 114 valence electrons. The molecular weight excluding hydrogens is 294 g/mol. The number of thiocarbonyl (C=S) groups is 1. The van der Waals surface area contributed by atoms with E-state index in [0.717, 1.165) is 24.2 Å². The molecule has 0 aliphatic carbocycles. The maximum Gasteiger partial charge on any atom is 0.184 e. The summed E-state index contributed by atoms with van der Waals surface area (Å²) >= 11 is 4.66. The molecule has 0 aromatic heterocycles. The number of ether oxygens (including phenoxy) is 1. The molecule has 0 radical (unpaired) electrons. The summed E-state index contributed by atoms with van der Waals surface area (Å²) in [5.41, 5.74) is 10.1. The van der Waals surface area contributed by atoms with Crippen LogP contribution in [-0.2, 0) is 6.42 Å². The number of aryl methyl sites for hydroxylation is 1. The molecule has 0 saturated carbocycles. The van der Waals surface area contributed by atoms with E-state index >= 15 is 0 Å². The standard InChI is InChI=1S/C17H19N3OS/c18-17(22)20-19-13-15-8-10-16(11-9-15)21-12-4-7-14-5-2-1-3-6-14/h1-3,5-6,8-11,13H,4,7,12H2,(H3,18,20,22)/b19-13+. The Balaban J connectivity index is 1.72. The van der Waals surface area contributed by atoms with Crippen LogP contribution in [0.5, 0.6) is 5.75 Å². The average Bonchev–Trinajstić information content (AvgIpc) is 2.54. The molecule has 0 amide bonds. The monoisotopic (exact) mass is 313 g/mol. The van der Waals surface area contributed by atoms with Crippen LogP contribution in [0.1, 0.15) is 17.5 Å². The molecular formula is C17H19N3OS. The molecule has 22 heavy (non-hydrogen) atoms. The number of hydrogen-bond donors (Lipinski definition) is 2. The first kappa shape index (κ1) is 16.0. The van der Waals surface area contributed by atoms with Crippen LogP contribution in [0.15, 0.2) is 59.7 Å². The van der Waals surface area contributed by atoms with E-state index in [1.165, 1.54) is 5.56 Å². The van der Waals surface area contributed by atoms with E-state index in [-0.39, 0.29) is 5.11 Å². The molecule has 0 aliphatic rings. The normalized spacial score (nSPS) is 10.5. The van der Waals surface area contributed by atoms with E-state index in [1.54, 1.807) is 6.21 Å². The third kappa shape index (κ3) is 5.93. The van der Waals surface area contributed by atoms with Crippen LogP contribution < -0.4 is 15.9 Å². The van der Waals surface area contributed by atoms with E-state index in [2.05, 4.69) is 47.0 Å². The van der Waals surface area contributed by atoms with E-state index in [0.29, 0.717) is 6.61 Å². The van der Waals surface area contributed by atoms with Gasteiger partial charge in [0.2, 0.25) is 0 Å². The van der Waals surface area contributed by atoms with Gasteiger partial charge in [-0.3, -0.25) is 5.43 Å². The Labute approximate surface area is 136 Å². The van der Waals surface area contributed by atoms with Crippen molar-refractivity contribution in [3.63, 3.8) is 0 Å². The van der Waals surface area contributed by atoms with E-state index in [9.17, 15) is 0 Å². The van der Waals surface area contributed by atoms with Gasteiger partial charge in [-0.05, 0) is 60.5 Å². The minimum absolute atomic E-state index is 0.148. The molecule has 0 unspecified atom stereocenters. The molecule has 2 aromatic rings. The SMILES string of the molecule is NC(=S)N/N=C/c1ccc(OCCCc2ccccc2)cc1. The molecule has 0 fully saturated rings. The number of nitrogens with zero attached hydrogens (tertiary/aromatic N) is 1. The molecule has 0 aliphatic heterocycles. The summed E-state index contributed by atoms with van der Waals surface area (Å²) < 4.78 is 5.72. The van der Waals surface area contributed by atoms with Gasteiger partial charge >= 0.3 is 0 Å². The van der Waals surface area contributed by atoms with Gasteiger partial charge in [-0.2, -0.15) is 5.10 Å². The van der Waals surface area contributed by atoms with Crippen LogP contribution in [0.2, 0.25) is 0 Å². The van der Waals surface area contributed by atoms with Crippen LogP contribution in [0.25, 0.3) is 0 Å². The van der Waals surface area contributed by atoms with E-state index in [1.807, 2.05) is 30.3 Å². The van der Waals surface area contributed by atoms with Crippen molar-refractivity contribution < 1.29 is 4.74 Å². The highest BCUT2D eigenvalue weighted by atomic mass is 32.1. The average molecular weight is 313 g/mol. The molecule has 3 N–H and O–H groups in total. The lowest BCUT2D eigenvalue weighted by molar-refractivity contribution is 0.311. The minimum atomic E-state index is 0.148. The number of rotatable bonds is 7. The number of benzene rings is 2. The van der Waals surface area contributed by atoms with E-state index < -0.39 is 0 Å². The minimum Gasteiger partial charge on any atom is -0.494 e. The summed E-state index contributed by atoms with van der Waals surface area (Å²) in [7, 11) is 0. The number of hydrogen-bond acceptors (Lipinski definition) is 3. The third-order valence-corrected chi connectivity index (χ3v) is 3.08. The quantitative estimate of drug-likeness (QED) is 0.357. The van der Waals surface area contributed by atoms with E-state index in [4.69, 9.17) is 10.5 Å². The lowest BCUT2D eigenvalue weighted by Crippen LogP contribution is -2.23. The van der Waals surface area contributed by atoms with Gasteiger partial charge in [-0.25, -0.2) is 0 Å². The lowest BCUT2D eigenvalue weighted by atomic mass is 10.1. The maximum absolute atomic E-state index is 5.72. The molecule has 0 saturated heterocycles. The van der Waals surface area contributed by atoms with Gasteiger partial charge in [0.1, 0.15) is 5.75 Å². The Hall–Kier alpha value is -2.40. The Morgan fingerprint density at radius 2 is 1.86 bits per heavy atom. The van der Waals surface area contributed by atoms with Crippen LogP contribution in [0.4, 0.5) is 0 Å². The largest absolute Gasteiger partial charge is 0.494 e. The fraction of sp³-hybridized carbons (Fsp3) is 0.176. The van der Waals surface area contributed by atoms with Crippen molar-refractivity contribution in [2.75, 3.05) is 6.61 Å². The first-order chi connectivity index (χ1) is 10.7. The Bertz CT molecular complexity index is 612. The van der Waals surface area contributed by atoms with Crippen molar-refractivity contribution in [1.29, 1.82) is 0 Å². The van der Waals surface area contributed by atoms with Crippen molar-refractivity contribution in [3.8, 4) is 5.75 Å². The zero-order valence-corrected chi connectivity index (χ0v) is 13.1. The Kier molecular flexibility index (Phi) is 6.39. The highest BCUT2D eigenvalue weighted by Gasteiger charge is 1.96. The summed E-state index contributed by atoms with van der Waals surface area (Å²) in [6.45, 7) is 0.700. The Morgan fingerprint density at radius 1 is 1.14 bits per heavy atom. The molecule has 2 rings (SSSR count). The zero-order valence-electron chi connectivity index (χ0n) is 12.2. The third-order valence-electron chi connectivity index (χ3n) is 2.99. The fourth-order valence-electron chi connectivity index (χ4n) is 1.93. The second kappa shape index (κ2) is 8.79. The number of nitrogens with two attached hydrogens (primary N) is 1. The van der Waals surface area contributed by atoms with Crippen molar-refractivity contribution in [2.45, 2.75) is 12.8 Å². The smallest absolute Gasteiger partial charge is 0.184 e. The van der Waals surface area contributed by atoms with Gasteiger partial charge in [-0.15, -0.1) is 0 Å². The molecule has 0 atom stereocenters. The predicted molar refractivity (Wildman–Crippen MR) is 94.2 cm³/mol. The van der Waals surface area contributed by atoms with Crippen molar-refractivity contribution in [2.24, 2.45) is 10.8 Å². The lowest BCUT2D eigenvalue weighted by Gasteiger charge is -2.06. The predicted octanol–water partition coefficient (Wildman–Crippen LogP) is 2.87. The fourth-order valence-corrected chi connectivity index (χ4v) is 1.98. The molecule has 2 aromatic carbocycles. The van der Waals surface area contributed by atoms with Gasteiger partial charge in [0.15, 0.2) is 5.11 Å². The second-order valence-electron chi connectivity index (χ2n) is 4.74. The zero-order chi connectivity index (χ0) is 15.6. The Morgan fingerprint density at radius 3 is 2.55 bits per heavy atom. The molecule has 0 bridgehead atoms. The highest BCUT2D eigenvalue weighted by molar-refractivity contribution is 7.80. The van der Waals surface area contributed by atoms with Gasteiger partial charge in [0.05, 0.1) is 12.8 Å². The van der Waals surface area contributed by atoms with Crippen LogP contribution in [-0.4, -0.2) is 17.9 Å².